The molecule has 0 saturated heterocycles. The number of hydrogen-bond acceptors (Lipinski definition) is 2. The average molecular weight is 305 g/mol. The number of rotatable bonds is 3. The van der Waals surface area contributed by atoms with E-state index in [1.807, 2.05) is 95.4 Å². The van der Waals surface area contributed by atoms with Crippen molar-refractivity contribution in [2.24, 2.45) is 5.10 Å². The topological polar surface area (TPSA) is 15.6 Å². The number of hydrazone groups is 1. The SMILES string of the molecule is CC.CC.CN(/N=C(\Cl)c1ccccc1)c1ccccc1. The lowest BCUT2D eigenvalue weighted by Gasteiger charge is -2.13. The third kappa shape index (κ3) is 6.96. The number of benzene rings is 2. The van der Waals surface area contributed by atoms with Gasteiger partial charge in [0.25, 0.3) is 0 Å². The standard InChI is InChI=1S/C14H13ClN2.2C2H6/c1-17(13-10-6-3-7-11-13)16-14(15)12-8-4-2-5-9-12;2*1-2/h2-11H,1H3;2*1-2H3/b16-14-;;. The van der Waals surface area contributed by atoms with Gasteiger partial charge in [0, 0.05) is 12.6 Å². The summed E-state index contributed by atoms with van der Waals surface area (Å²) in [6, 6.07) is 19.6. The van der Waals surface area contributed by atoms with Crippen LogP contribution in [0.1, 0.15) is 33.3 Å². The second kappa shape index (κ2) is 12.0. The van der Waals surface area contributed by atoms with Crippen LogP contribution < -0.4 is 5.01 Å². The van der Waals surface area contributed by atoms with Crippen molar-refractivity contribution in [3.63, 3.8) is 0 Å². The van der Waals surface area contributed by atoms with Crippen LogP contribution in [-0.4, -0.2) is 12.2 Å². The van der Waals surface area contributed by atoms with Crippen molar-refractivity contribution in [3.05, 3.63) is 66.2 Å². The van der Waals surface area contributed by atoms with Crippen molar-refractivity contribution in [1.82, 2.24) is 0 Å². The second-order valence-electron chi connectivity index (χ2n) is 3.62. The van der Waals surface area contributed by atoms with Crippen molar-refractivity contribution < 1.29 is 0 Å². The van der Waals surface area contributed by atoms with Gasteiger partial charge in [-0.2, -0.15) is 5.10 Å². The molecule has 0 radical (unpaired) electrons. The van der Waals surface area contributed by atoms with Crippen LogP contribution in [0.25, 0.3) is 0 Å². The molecule has 0 aliphatic carbocycles. The molecule has 0 spiro atoms. The van der Waals surface area contributed by atoms with Gasteiger partial charge in [-0.25, -0.2) is 0 Å². The fraction of sp³-hybridized carbons (Fsp3) is 0.278. The summed E-state index contributed by atoms with van der Waals surface area (Å²) in [4.78, 5) is 0. The molecular weight excluding hydrogens is 280 g/mol. The molecule has 0 aromatic heterocycles. The zero-order valence-corrected chi connectivity index (χ0v) is 14.3. The smallest absolute Gasteiger partial charge is 0.156 e. The maximum atomic E-state index is 6.16. The molecule has 2 aromatic rings. The Hall–Kier alpha value is -1.80. The quantitative estimate of drug-likeness (QED) is 0.518. The van der Waals surface area contributed by atoms with Gasteiger partial charge >= 0.3 is 0 Å². The molecule has 0 aliphatic heterocycles. The maximum absolute atomic E-state index is 6.16. The van der Waals surface area contributed by atoms with Crippen LogP contribution >= 0.6 is 11.6 Å². The van der Waals surface area contributed by atoms with Gasteiger partial charge < -0.3 is 0 Å². The van der Waals surface area contributed by atoms with E-state index in [-0.39, 0.29) is 0 Å². The van der Waals surface area contributed by atoms with E-state index in [1.165, 1.54) is 0 Å². The second-order valence-corrected chi connectivity index (χ2v) is 3.97. The minimum Gasteiger partial charge on any atom is -0.267 e. The summed E-state index contributed by atoms with van der Waals surface area (Å²) in [5, 5.41) is 6.58. The molecule has 0 fully saturated rings. The third-order valence-corrected chi connectivity index (χ3v) is 2.67. The first-order chi connectivity index (χ1) is 10.3. The number of para-hydroxylation sites is 1. The molecule has 0 unspecified atom stereocenters. The van der Waals surface area contributed by atoms with Gasteiger partial charge in [0.15, 0.2) is 5.17 Å². The summed E-state index contributed by atoms with van der Waals surface area (Å²) < 4.78 is 0. The van der Waals surface area contributed by atoms with E-state index in [9.17, 15) is 0 Å². The van der Waals surface area contributed by atoms with Gasteiger partial charge in [-0.15, -0.1) is 0 Å². The molecule has 2 rings (SSSR count). The van der Waals surface area contributed by atoms with Crippen LogP contribution in [0.3, 0.4) is 0 Å². The Labute approximate surface area is 134 Å². The molecule has 3 heteroatoms. The molecule has 114 valence electrons. The summed E-state index contributed by atoms with van der Waals surface area (Å²) in [5.41, 5.74) is 1.92. The highest BCUT2D eigenvalue weighted by atomic mass is 35.5. The van der Waals surface area contributed by atoms with Crippen LogP contribution in [0.4, 0.5) is 5.69 Å². The van der Waals surface area contributed by atoms with E-state index in [0.29, 0.717) is 5.17 Å². The molecule has 0 bridgehead atoms. The van der Waals surface area contributed by atoms with E-state index < -0.39 is 0 Å². The Morgan fingerprint density at radius 3 is 1.71 bits per heavy atom. The van der Waals surface area contributed by atoms with Gasteiger partial charge in [0.05, 0.1) is 5.69 Å². The summed E-state index contributed by atoms with van der Waals surface area (Å²) >= 11 is 6.16. The van der Waals surface area contributed by atoms with E-state index in [2.05, 4.69) is 5.10 Å². The van der Waals surface area contributed by atoms with Crippen LogP contribution in [-0.2, 0) is 0 Å². The average Bonchev–Trinajstić information content (AvgIpc) is 2.60. The first kappa shape index (κ1) is 19.2. The highest BCUT2D eigenvalue weighted by Crippen LogP contribution is 2.13. The van der Waals surface area contributed by atoms with E-state index in [1.54, 1.807) is 5.01 Å². The van der Waals surface area contributed by atoms with Gasteiger partial charge in [-0.3, -0.25) is 5.01 Å². The summed E-state index contributed by atoms with van der Waals surface area (Å²) in [6.07, 6.45) is 0. The number of hydrogen-bond donors (Lipinski definition) is 0. The molecule has 2 aromatic carbocycles. The lowest BCUT2D eigenvalue weighted by Crippen LogP contribution is -2.11. The number of anilines is 1. The van der Waals surface area contributed by atoms with Crippen molar-refractivity contribution in [3.8, 4) is 0 Å². The fourth-order valence-corrected chi connectivity index (χ4v) is 1.71. The molecule has 0 N–H and O–H groups in total. The molecular formula is C18H25ClN2. The Bertz CT molecular complexity index is 495. The molecule has 0 amide bonds. The van der Waals surface area contributed by atoms with Crippen LogP contribution in [0, 0.1) is 0 Å². The predicted molar refractivity (Wildman–Crippen MR) is 96.4 cm³/mol. The largest absolute Gasteiger partial charge is 0.267 e. The van der Waals surface area contributed by atoms with E-state index >= 15 is 0 Å². The Kier molecular flexibility index (Phi) is 11.0. The third-order valence-electron chi connectivity index (χ3n) is 2.38. The van der Waals surface area contributed by atoms with Gasteiger partial charge in [0.2, 0.25) is 0 Å². The van der Waals surface area contributed by atoms with Crippen molar-refractivity contribution in [2.45, 2.75) is 27.7 Å². The van der Waals surface area contributed by atoms with E-state index in [0.717, 1.165) is 11.3 Å². The highest BCUT2D eigenvalue weighted by Gasteiger charge is 2.02. The Balaban J connectivity index is 0.000000921. The minimum absolute atomic E-state index is 0.483. The molecule has 2 nitrogen and oxygen atoms in total. The molecule has 0 heterocycles. The Morgan fingerprint density at radius 2 is 1.24 bits per heavy atom. The molecule has 21 heavy (non-hydrogen) atoms. The van der Waals surface area contributed by atoms with Crippen LogP contribution in [0.15, 0.2) is 65.8 Å². The van der Waals surface area contributed by atoms with Crippen LogP contribution in [0.5, 0.6) is 0 Å². The van der Waals surface area contributed by atoms with Crippen molar-refractivity contribution in [1.29, 1.82) is 0 Å². The highest BCUT2D eigenvalue weighted by molar-refractivity contribution is 6.69. The predicted octanol–water partition coefficient (Wildman–Crippen LogP) is 5.78. The summed E-state index contributed by atoms with van der Waals surface area (Å²) in [7, 11) is 1.88. The first-order valence-corrected chi connectivity index (χ1v) is 7.73. The van der Waals surface area contributed by atoms with Crippen LogP contribution in [0.2, 0.25) is 0 Å². The van der Waals surface area contributed by atoms with Crippen molar-refractivity contribution >= 4 is 22.5 Å². The molecule has 0 aliphatic rings. The zero-order valence-electron chi connectivity index (χ0n) is 13.5. The monoisotopic (exact) mass is 304 g/mol. The lowest BCUT2D eigenvalue weighted by molar-refractivity contribution is 1.02. The Morgan fingerprint density at radius 1 is 0.810 bits per heavy atom. The normalized spacial score (nSPS) is 9.71. The van der Waals surface area contributed by atoms with E-state index in [4.69, 9.17) is 11.6 Å². The zero-order chi connectivity index (χ0) is 16.1. The first-order valence-electron chi connectivity index (χ1n) is 7.35. The van der Waals surface area contributed by atoms with Gasteiger partial charge in [0.1, 0.15) is 0 Å². The molecule has 0 atom stereocenters. The summed E-state index contributed by atoms with van der Waals surface area (Å²) in [5.74, 6) is 0. The summed E-state index contributed by atoms with van der Waals surface area (Å²) in [6.45, 7) is 8.00. The van der Waals surface area contributed by atoms with Gasteiger partial charge in [-0.1, -0.05) is 87.8 Å². The number of nitrogens with zero attached hydrogens (tertiary/aromatic N) is 2. The number of halogens is 1. The van der Waals surface area contributed by atoms with Gasteiger partial charge in [-0.05, 0) is 12.1 Å². The molecule has 0 saturated carbocycles. The fourth-order valence-electron chi connectivity index (χ4n) is 1.47. The lowest BCUT2D eigenvalue weighted by atomic mass is 10.2. The maximum Gasteiger partial charge on any atom is 0.156 e. The van der Waals surface area contributed by atoms with Crippen molar-refractivity contribution in [2.75, 3.05) is 12.1 Å². The minimum atomic E-state index is 0.483.